The number of likely N-dealkylation sites (N-methyl/N-ethyl adjacent to an activating group) is 1. The van der Waals surface area contributed by atoms with Crippen molar-refractivity contribution in [1.29, 1.82) is 0 Å². The molecule has 1 saturated heterocycles. The Labute approximate surface area is 281 Å². The third-order valence-electron chi connectivity index (χ3n) is 8.66. The highest BCUT2D eigenvalue weighted by molar-refractivity contribution is 6.01. The SMILES string of the molecule is CN1CC(=O)N[C@H](Cc2ccccc2)COc2ccccc2C(=O)N[C@H](C(=O)NCCCc2ccccc2)CC(=O)N2CCC[C@H]2C1=O. The Morgan fingerprint density at radius 1 is 0.896 bits per heavy atom. The molecule has 0 aromatic heterocycles. The van der Waals surface area contributed by atoms with Gasteiger partial charge < -0.3 is 30.5 Å². The Bertz CT molecular complexity index is 1580. The van der Waals surface area contributed by atoms with Gasteiger partial charge in [0.05, 0.1) is 24.6 Å². The molecular weight excluding hydrogens is 610 g/mol. The van der Waals surface area contributed by atoms with E-state index in [1.54, 1.807) is 31.3 Å². The molecule has 3 N–H and O–H groups in total. The maximum absolute atomic E-state index is 13.7. The zero-order valence-electron chi connectivity index (χ0n) is 27.2. The number of hydrogen-bond acceptors (Lipinski definition) is 6. The first-order chi connectivity index (χ1) is 23.3. The fraction of sp³-hybridized carbons (Fsp3) is 0.378. The van der Waals surface area contributed by atoms with Crippen LogP contribution >= 0.6 is 0 Å². The van der Waals surface area contributed by atoms with Gasteiger partial charge in [-0.1, -0.05) is 72.8 Å². The lowest BCUT2D eigenvalue weighted by Crippen LogP contribution is -2.53. The lowest BCUT2D eigenvalue weighted by Gasteiger charge is -2.29. The predicted molar refractivity (Wildman–Crippen MR) is 180 cm³/mol. The summed E-state index contributed by atoms with van der Waals surface area (Å²) in [6.45, 7) is 0.536. The van der Waals surface area contributed by atoms with Crippen LogP contribution in [0.4, 0.5) is 0 Å². The number of fused-ring (bicyclic) bond motifs is 2. The lowest BCUT2D eigenvalue weighted by molar-refractivity contribution is -0.145. The van der Waals surface area contributed by atoms with Crippen LogP contribution in [0.1, 0.15) is 47.2 Å². The van der Waals surface area contributed by atoms with Crippen molar-refractivity contribution in [1.82, 2.24) is 25.8 Å². The molecular formula is C37H43N5O6. The number of nitrogens with one attached hydrogen (secondary N) is 3. The number of carbonyl (C=O) groups is 5. The second-order valence-corrected chi connectivity index (χ2v) is 12.3. The first-order valence-electron chi connectivity index (χ1n) is 16.5. The van der Waals surface area contributed by atoms with Gasteiger partial charge >= 0.3 is 0 Å². The molecule has 48 heavy (non-hydrogen) atoms. The Morgan fingerprint density at radius 2 is 1.58 bits per heavy atom. The van der Waals surface area contributed by atoms with Gasteiger partial charge in [-0.2, -0.15) is 0 Å². The van der Waals surface area contributed by atoms with E-state index in [0.717, 1.165) is 17.5 Å². The van der Waals surface area contributed by atoms with Crippen LogP contribution < -0.4 is 20.7 Å². The molecule has 2 heterocycles. The molecule has 2 aliphatic heterocycles. The van der Waals surface area contributed by atoms with Gasteiger partial charge in [-0.25, -0.2) is 0 Å². The molecule has 0 unspecified atom stereocenters. The smallest absolute Gasteiger partial charge is 0.255 e. The molecule has 5 amide bonds. The van der Waals surface area contributed by atoms with E-state index in [-0.39, 0.29) is 42.7 Å². The predicted octanol–water partition coefficient (Wildman–Crippen LogP) is 2.49. The van der Waals surface area contributed by atoms with Crippen LogP contribution in [-0.2, 0) is 32.0 Å². The summed E-state index contributed by atoms with van der Waals surface area (Å²) in [6, 6.07) is 23.8. The van der Waals surface area contributed by atoms with Crippen molar-refractivity contribution in [3.63, 3.8) is 0 Å². The third kappa shape index (κ3) is 9.21. The molecule has 11 nitrogen and oxygen atoms in total. The van der Waals surface area contributed by atoms with E-state index >= 15 is 0 Å². The number of carbonyl (C=O) groups excluding carboxylic acids is 5. The minimum atomic E-state index is -1.19. The van der Waals surface area contributed by atoms with Gasteiger partial charge in [0.25, 0.3) is 5.91 Å². The number of para-hydroxylation sites is 1. The summed E-state index contributed by atoms with van der Waals surface area (Å²) in [5, 5.41) is 8.64. The monoisotopic (exact) mass is 653 g/mol. The van der Waals surface area contributed by atoms with E-state index in [1.807, 2.05) is 60.7 Å². The van der Waals surface area contributed by atoms with E-state index in [0.29, 0.717) is 38.8 Å². The second kappa shape index (κ2) is 16.6. The van der Waals surface area contributed by atoms with Crippen LogP contribution in [0.2, 0.25) is 0 Å². The number of ether oxygens (including phenoxy) is 1. The van der Waals surface area contributed by atoms with Crippen molar-refractivity contribution < 1.29 is 28.7 Å². The third-order valence-corrected chi connectivity index (χ3v) is 8.66. The summed E-state index contributed by atoms with van der Waals surface area (Å²) < 4.78 is 6.13. The van der Waals surface area contributed by atoms with Gasteiger partial charge in [-0.15, -0.1) is 0 Å². The lowest BCUT2D eigenvalue weighted by atomic mass is 10.1. The number of amides is 5. The van der Waals surface area contributed by atoms with Crippen LogP contribution in [-0.4, -0.2) is 90.8 Å². The average molecular weight is 654 g/mol. The molecule has 0 radical (unpaired) electrons. The second-order valence-electron chi connectivity index (χ2n) is 12.3. The molecule has 0 aliphatic carbocycles. The number of rotatable bonds is 7. The minimum Gasteiger partial charge on any atom is -0.491 e. The van der Waals surface area contributed by atoms with Gasteiger partial charge in [0, 0.05) is 20.1 Å². The molecule has 3 aromatic carbocycles. The van der Waals surface area contributed by atoms with E-state index in [2.05, 4.69) is 16.0 Å². The Hall–Kier alpha value is -5.19. The highest BCUT2D eigenvalue weighted by Crippen LogP contribution is 2.22. The summed E-state index contributed by atoms with van der Waals surface area (Å²) >= 11 is 0. The van der Waals surface area contributed by atoms with Gasteiger partial charge in [0.2, 0.25) is 23.6 Å². The first-order valence-corrected chi connectivity index (χ1v) is 16.5. The summed E-state index contributed by atoms with van der Waals surface area (Å²) in [7, 11) is 1.54. The first kappa shape index (κ1) is 34.2. The standard InChI is InChI=1S/C37H43N5O6/c1-41-24-33(43)39-28(22-27-14-6-3-7-15-27)25-48-32-19-9-8-17-29(32)35(45)40-30(23-34(44)42-21-11-18-31(42)37(41)47)36(46)38-20-10-16-26-12-4-2-5-13-26/h2-9,12-15,17,19,28,30-31H,10-11,16,18,20-25H2,1H3,(H,38,46)(H,39,43)(H,40,45)/t28-,30+,31+/m1/s1. The molecule has 252 valence electrons. The number of aryl methyl sites for hydroxylation is 1. The largest absolute Gasteiger partial charge is 0.491 e. The summed E-state index contributed by atoms with van der Waals surface area (Å²) in [5.41, 5.74) is 2.31. The van der Waals surface area contributed by atoms with E-state index in [9.17, 15) is 24.0 Å². The number of hydrogen-bond donors (Lipinski definition) is 3. The summed E-state index contributed by atoms with van der Waals surface area (Å²) in [4.78, 5) is 70.4. The Balaban J connectivity index is 1.38. The fourth-order valence-corrected chi connectivity index (χ4v) is 6.17. The van der Waals surface area contributed by atoms with Crippen molar-refractivity contribution in [2.75, 3.05) is 33.3 Å². The Morgan fingerprint density at radius 3 is 2.33 bits per heavy atom. The van der Waals surface area contributed by atoms with Crippen molar-refractivity contribution in [2.45, 2.75) is 56.7 Å². The maximum Gasteiger partial charge on any atom is 0.255 e. The van der Waals surface area contributed by atoms with Crippen LogP contribution in [0.25, 0.3) is 0 Å². The molecule has 2 aliphatic rings. The molecule has 0 saturated carbocycles. The molecule has 3 atom stereocenters. The molecule has 0 bridgehead atoms. The van der Waals surface area contributed by atoms with Crippen LogP contribution in [0.3, 0.4) is 0 Å². The zero-order valence-corrected chi connectivity index (χ0v) is 27.2. The topological polar surface area (TPSA) is 137 Å². The average Bonchev–Trinajstić information content (AvgIpc) is 3.59. The van der Waals surface area contributed by atoms with Gasteiger partial charge in [-0.05, 0) is 55.4 Å². The highest BCUT2D eigenvalue weighted by Gasteiger charge is 2.38. The van der Waals surface area contributed by atoms with Crippen LogP contribution in [0.15, 0.2) is 84.9 Å². The molecule has 1 fully saturated rings. The van der Waals surface area contributed by atoms with Gasteiger partial charge in [0.15, 0.2) is 0 Å². The van der Waals surface area contributed by atoms with Crippen molar-refractivity contribution in [3.8, 4) is 5.75 Å². The Kier molecular flexibility index (Phi) is 11.8. The van der Waals surface area contributed by atoms with E-state index < -0.39 is 35.8 Å². The van der Waals surface area contributed by atoms with E-state index in [4.69, 9.17) is 4.74 Å². The van der Waals surface area contributed by atoms with Crippen LogP contribution in [0, 0.1) is 0 Å². The van der Waals surface area contributed by atoms with Gasteiger partial charge in [-0.3, -0.25) is 24.0 Å². The highest BCUT2D eigenvalue weighted by atomic mass is 16.5. The van der Waals surface area contributed by atoms with Gasteiger partial charge in [0.1, 0.15) is 24.4 Å². The minimum absolute atomic E-state index is 0.0445. The normalized spacial score (nSPS) is 20.9. The van der Waals surface area contributed by atoms with Crippen molar-refractivity contribution >= 4 is 29.5 Å². The molecule has 5 rings (SSSR count). The fourth-order valence-electron chi connectivity index (χ4n) is 6.17. The zero-order chi connectivity index (χ0) is 33.9. The number of benzene rings is 3. The van der Waals surface area contributed by atoms with Crippen LogP contribution in [0.5, 0.6) is 5.75 Å². The summed E-state index contributed by atoms with van der Waals surface area (Å²) in [5.74, 6) is -1.94. The quantitative estimate of drug-likeness (QED) is 0.336. The van der Waals surface area contributed by atoms with Crippen molar-refractivity contribution in [2.24, 2.45) is 0 Å². The maximum atomic E-state index is 13.7. The molecule has 3 aromatic rings. The summed E-state index contributed by atoms with van der Waals surface area (Å²) in [6.07, 6.45) is 2.61. The van der Waals surface area contributed by atoms with Crippen molar-refractivity contribution in [3.05, 3.63) is 102 Å². The molecule has 0 spiro atoms. The molecule has 11 heteroatoms. The van der Waals surface area contributed by atoms with E-state index in [1.165, 1.54) is 9.80 Å². The number of nitrogens with zero attached hydrogens (tertiary/aromatic N) is 2.